The topological polar surface area (TPSA) is 32.3 Å². The second-order valence-electron chi connectivity index (χ2n) is 1.87. The van der Waals surface area contributed by atoms with E-state index in [1.54, 1.807) is 6.92 Å². The molecule has 0 aromatic heterocycles. The largest absolute Gasteiger partial charge is 0.415 e. The monoisotopic (exact) mass is 157 g/mol. The summed E-state index contributed by atoms with van der Waals surface area (Å²) in [4.78, 5) is 0. The molecule has 2 nitrogen and oxygen atoms in total. The van der Waals surface area contributed by atoms with Crippen molar-refractivity contribution in [2.75, 3.05) is 13.1 Å². The minimum atomic E-state index is -4.50. The van der Waals surface area contributed by atoms with E-state index in [4.69, 9.17) is 5.11 Å². The molecule has 0 aliphatic carbocycles. The van der Waals surface area contributed by atoms with Crippen molar-refractivity contribution in [3.05, 3.63) is 0 Å². The van der Waals surface area contributed by atoms with Gasteiger partial charge in [0.1, 0.15) is 0 Å². The lowest BCUT2D eigenvalue weighted by Crippen LogP contribution is -2.38. The maximum Gasteiger partial charge on any atom is 0.415 e. The van der Waals surface area contributed by atoms with Gasteiger partial charge < -0.3 is 10.4 Å². The molecule has 0 fully saturated rings. The van der Waals surface area contributed by atoms with Gasteiger partial charge in [-0.1, -0.05) is 6.92 Å². The molecular weight excluding hydrogens is 147 g/mol. The highest BCUT2D eigenvalue weighted by atomic mass is 19.4. The summed E-state index contributed by atoms with van der Waals surface area (Å²) < 4.78 is 34.4. The van der Waals surface area contributed by atoms with Crippen molar-refractivity contribution in [3.63, 3.8) is 0 Å². The summed E-state index contributed by atoms with van der Waals surface area (Å²) in [6.07, 6.45) is -6.74. The van der Waals surface area contributed by atoms with Gasteiger partial charge in [-0.05, 0) is 6.54 Å². The molecular formula is C5H10F3NO. The van der Waals surface area contributed by atoms with Crippen LogP contribution in [0.5, 0.6) is 0 Å². The Bertz CT molecular complexity index is 93.4. The summed E-state index contributed by atoms with van der Waals surface area (Å²) in [5.41, 5.74) is 0. The van der Waals surface area contributed by atoms with E-state index >= 15 is 0 Å². The number of hydrogen-bond donors (Lipinski definition) is 2. The number of aliphatic hydroxyl groups is 1. The second-order valence-corrected chi connectivity index (χ2v) is 1.87. The van der Waals surface area contributed by atoms with Crippen LogP contribution in [0.3, 0.4) is 0 Å². The summed E-state index contributed by atoms with van der Waals surface area (Å²) in [5.74, 6) is 0. The Labute approximate surface area is 57.0 Å². The van der Waals surface area contributed by atoms with Crippen LogP contribution in [0.25, 0.3) is 0 Å². The molecule has 2 N–H and O–H groups in total. The molecule has 0 saturated carbocycles. The second kappa shape index (κ2) is 3.78. The lowest BCUT2D eigenvalue weighted by molar-refractivity contribution is -0.201. The van der Waals surface area contributed by atoms with Crippen LogP contribution in [0.2, 0.25) is 0 Å². The van der Waals surface area contributed by atoms with E-state index < -0.39 is 18.8 Å². The van der Waals surface area contributed by atoms with Crippen LogP contribution in [0.1, 0.15) is 6.92 Å². The van der Waals surface area contributed by atoms with Crippen LogP contribution >= 0.6 is 0 Å². The fourth-order valence-corrected chi connectivity index (χ4v) is 0.397. The van der Waals surface area contributed by atoms with Crippen LogP contribution in [-0.2, 0) is 0 Å². The van der Waals surface area contributed by atoms with Gasteiger partial charge in [-0.3, -0.25) is 0 Å². The number of alkyl halides is 3. The van der Waals surface area contributed by atoms with E-state index in [0.29, 0.717) is 6.54 Å². The smallest absolute Gasteiger partial charge is 0.382 e. The van der Waals surface area contributed by atoms with Gasteiger partial charge >= 0.3 is 6.18 Å². The lowest BCUT2D eigenvalue weighted by atomic mass is 10.3. The number of rotatable bonds is 3. The number of hydrogen-bond acceptors (Lipinski definition) is 2. The molecule has 0 aliphatic heterocycles. The summed E-state index contributed by atoms with van der Waals surface area (Å²) in [6, 6.07) is 0. The summed E-state index contributed by atoms with van der Waals surface area (Å²) in [7, 11) is 0. The van der Waals surface area contributed by atoms with Gasteiger partial charge in [0, 0.05) is 6.54 Å². The van der Waals surface area contributed by atoms with E-state index in [1.165, 1.54) is 0 Å². The molecule has 0 unspecified atom stereocenters. The third-order valence-electron chi connectivity index (χ3n) is 0.966. The average Bonchev–Trinajstić information content (AvgIpc) is 1.80. The fourth-order valence-electron chi connectivity index (χ4n) is 0.397. The number of nitrogens with one attached hydrogen (secondary N) is 1. The highest BCUT2D eigenvalue weighted by Gasteiger charge is 2.37. The predicted octanol–water partition coefficient (Wildman–Crippen LogP) is 0.519. The Morgan fingerprint density at radius 3 is 2.30 bits per heavy atom. The van der Waals surface area contributed by atoms with Gasteiger partial charge in [-0.15, -0.1) is 0 Å². The SMILES string of the molecule is CCNC[C@@H](O)C(F)(F)F. The first kappa shape index (κ1) is 9.71. The predicted molar refractivity (Wildman–Crippen MR) is 30.6 cm³/mol. The van der Waals surface area contributed by atoms with Crippen LogP contribution in [-0.4, -0.2) is 30.5 Å². The van der Waals surface area contributed by atoms with Crippen molar-refractivity contribution in [3.8, 4) is 0 Å². The van der Waals surface area contributed by atoms with Gasteiger partial charge in [-0.2, -0.15) is 13.2 Å². The summed E-state index contributed by atoms with van der Waals surface area (Å²) in [6.45, 7) is 1.66. The van der Waals surface area contributed by atoms with Crippen molar-refractivity contribution in [2.24, 2.45) is 0 Å². The standard InChI is InChI=1S/C5H10F3NO/c1-2-9-3-4(10)5(6,7)8/h4,9-10H,2-3H2,1H3/t4-/m1/s1. The normalized spacial score (nSPS) is 15.3. The van der Waals surface area contributed by atoms with E-state index in [-0.39, 0.29) is 0 Å². The zero-order valence-electron chi connectivity index (χ0n) is 5.57. The van der Waals surface area contributed by atoms with E-state index in [9.17, 15) is 13.2 Å². The van der Waals surface area contributed by atoms with Gasteiger partial charge in [0.2, 0.25) is 0 Å². The maximum atomic E-state index is 11.5. The Kier molecular flexibility index (Phi) is 3.67. The van der Waals surface area contributed by atoms with Gasteiger partial charge in [0.15, 0.2) is 6.10 Å². The molecule has 0 heterocycles. The van der Waals surface area contributed by atoms with Crippen molar-refractivity contribution in [1.82, 2.24) is 5.32 Å². The first-order valence-corrected chi connectivity index (χ1v) is 2.94. The van der Waals surface area contributed by atoms with Crippen molar-refractivity contribution in [1.29, 1.82) is 0 Å². The molecule has 0 amide bonds. The highest BCUT2D eigenvalue weighted by molar-refractivity contribution is 4.66. The zero-order valence-corrected chi connectivity index (χ0v) is 5.57. The average molecular weight is 157 g/mol. The third-order valence-corrected chi connectivity index (χ3v) is 0.966. The molecule has 62 valence electrons. The molecule has 0 aromatic rings. The molecule has 0 radical (unpaired) electrons. The van der Waals surface area contributed by atoms with Gasteiger partial charge in [-0.25, -0.2) is 0 Å². The molecule has 5 heteroatoms. The minimum Gasteiger partial charge on any atom is -0.382 e. The quantitative estimate of drug-likeness (QED) is 0.626. The Morgan fingerprint density at radius 1 is 1.50 bits per heavy atom. The van der Waals surface area contributed by atoms with E-state index in [1.807, 2.05) is 0 Å². The molecule has 1 atom stereocenters. The van der Waals surface area contributed by atoms with Gasteiger partial charge in [0.25, 0.3) is 0 Å². The molecule has 0 aromatic carbocycles. The molecule has 0 saturated heterocycles. The van der Waals surface area contributed by atoms with E-state index in [0.717, 1.165) is 0 Å². The Balaban J connectivity index is 3.52. The Hall–Kier alpha value is -0.290. The molecule has 0 bridgehead atoms. The zero-order chi connectivity index (χ0) is 8.20. The van der Waals surface area contributed by atoms with Crippen molar-refractivity contribution >= 4 is 0 Å². The van der Waals surface area contributed by atoms with Crippen molar-refractivity contribution in [2.45, 2.75) is 19.2 Å². The molecule has 0 spiro atoms. The van der Waals surface area contributed by atoms with E-state index in [2.05, 4.69) is 5.32 Å². The number of aliphatic hydroxyl groups excluding tert-OH is 1. The van der Waals surface area contributed by atoms with Crippen LogP contribution < -0.4 is 5.32 Å². The number of halogens is 3. The lowest BCUT2D eigenvalue weighted by Gasteiger charge is -2.13. The first-order valence-electron chi connectivity index (χ1n) is 2.94. The van der Waals surface area contributed by atoms with Crippen LogP contribution in [0.4, 0.5) is 13.2 Å². The summed E-state index contributed by atoms with van der Waals surface area (Å²) in [5, 5.41) is 10.7. The first-order chi connectivity index (χ1) is 4.48. The fraction of sp³-hybridized carbons (Fsp3) is 1.00. The highest BCUT2D eigenvalue weighted by Crippen LogP contribution is 2.18. The van der Waals surface area contributed by atoms with Crippen molar-refractivity contribution < 1.29 is 18.3 Å². The third kappa shape index (κ3) is 3.68. The summed E-state index contributed by atoms with van der Waals surface area (Å²) >= 11 is 0. The molecule has 10 heavy (non-hydrogen) atoms. The number of likely N-dealkylation sites (N-methyl/N-ethyl adjacent to an activating group) is 1. The minimum absolute atomic E-state index is 0.424. The van der Waals surface area contributed by atoms with Gasteiger partial charge in [0.05, 0.1) is 0 Å². The Morgan fingerprint density at radius 2 is 2.00 bits per heavy atom. The van der Waals surface area contributed by atoms with Crippen LogP contribution in [0.15, 0.2) is 0 Å². The maximum absolute atomic E-state index is 11.5. The molecule has 0 aliphatic rings. The molecule has 0 rings (SSSR count). The van der Waals surface area contributed by atoms with Crippen LogP contribution in [0, 0.1) is 0 Å².